The van der Waals surface area contributed by atoms with Crippen LogP contribution in [-0.4, -0.2) is 27.7 Å². The zero-order valence-electron chi connectivity index (χ0n) is 10.5. The SMILES string of the molecule is Cc1cc(C)cc(-c2nnc(SCCCO)o2)c1. The predicted octanol–water partition coefficient (Wildman–Crippen LogP) is 2.83. The summed E-state index contributed by atoms with van der Waals surface area (Å²) in [6.07, 6.45) is 0.728. The van der Waals surface area contributed by atoms with Gasteiger partial charge in [-0.05, 0) is 32.4 Å². The maximum atomic E-state index is 8.71. The fraction of sp³-hybridized carbons (Fsp3) is 0.385. The van der Waals surface area contributed by atoms with Crippen molar-refractivity contribution >= 4 is 11.8 Å². The Kier molecular flexibility index (Phi) is 4.38. The first-order valence-corrected chi connectivity index (χ1v) is 6.83. The van der Waals surface area contributed by atoms with E-state index in [1.54, 1.807) is 0 Å². The molecule has 1 aromatic heterocycles. The molecule has 2 aromatic rings. The van der Waals surface area contributed by atoms with Crippen molar-refractivity contribution in [2.24, 2.45) is 0 Å². The maximum absolute atomic E-state index is 8.71. The smallest absolute Gasteiger partial charge is 0.276 e. The molecular formula is C13H16N2O2S. The van der Waals surface area contributed by atoms with E-state index in [1.165, 1.54) is 22.9 Å². The molecule has 2 rings (SSSR count). The van der Waals surface area contributed by atoms with Gasteiger partial charge in [0.25, 0.3) is 5.22 Å². The zero-order valence-corrected chi connectivity index (χ0v) is 11.3. The monoisotopic (exact) mass is 264 g/mol. The molecule has 1 heterocycles. The highest BCUT2D eigenvalue weighted by Crippen LogP contribution is 2.25. The second-order valence-corrected chi connectivity index (χ2v) is 5.22. The largest absolute Gasteiger partial charge is 0.411 e. The van der Waals surface area contributed by atoms with Crippen LogP contribution in [0.2, 0.25) is 0 Å². The first-order chi connectivity index (χ1) is 8.69. The summed E-state index contributed by atoms with van der Waals surface area (Å²) in [4.78, 5) is 0. The number of thioether (sulfide) groups is 1. The van der Waals surface area contributed by atoms with Crippen molar-refractivity contribution in [3.8, 4) is 11.5 Å². The van der Waals surface area contributed by atoms with Crippen LogP contribution in [0.1, 0.15) is 17.5 Å². The summed E-state index contributed by atoms with van der Waals surface area (Å²) in [7, 11) is 0. The second kappa shape index (κ2) is 6.02. The predicted molar refractivity (Wildman–Crippen MR) is 71.6 cm³/mol. The number of hydrogen-bond acceptors (Lipinski definition) is 5. The third-order valence-corrected chi connectivity index (χ3v) is 3.31. The molecule has 0 aliphatic heterocycles. The van der Waals surface area contributed by atoms with Crippen LogP contribution in [0.3, 0.4) is 0 Å². The van der Waals surface area contributed by atoms with Crippen molar-refractivity contribution in [2.45, 2.75) is 25.5 Å². The molecule has 0 radical (unpaired) electrons. The summed E-state index contributed by atoms with van der Waals surface area (Å²) in [6.45, 7) is 4.28. The number of rotatable bonds is 5. The Morgan fingerprint density at radius 1 is 1.17 bits per heavy atom. The Morgan fingerprint density at radius 2 is 1.89 bits per heavy atom. The van der Waals surface area contributed by atoms with E-state index in [0.29, 0.717) is 11.1 Å². The minimum atomic E-state index is 0.186. The lowest BCUT2D eigenvalue weighted by atomic mass is 10.1. The highest BCUT2D eigenvalue weighted by atomic mass is 32.2. The number of nitrogens with zero attached hydrogens (tertiary/aromatic N) is 2. The first kappa shape index (κ1) is 13.1. The van der Waals surface area contributed by atoms with Gasteiger partial charge in [0.1, 0.15) is 0 Å². The summed E-state index contributed by atoms with van der Waals surface area (Å²) in [5.41, 5.74) is 3.31. The third-order valence-electron chi connectivity index (χ3n) is 2.40. The van der Waals surface area contributed by atoms with Gasteiger partial charge < -0.3 is 9.52 Å². The summed E-state index contributed by atoms with van der Waals surface area (Å²) in [6, 6.07) is 6.17. The van der Waals surface area contributed by atoms with Crippen LogP contribution in [0.15, 0.2) is 27.8 Å². The second-order valence-electron chi connectivity index (χ2n) is 4.18. The number of aliphatic hydroxyl groups excluding tert-OH is 1. The van der Waals surface area contributed by atoms with E-state index < -0.39 is 0 Å². The lowest BCUT2D eigenvalue weighted by molar-refractivity contribution is 0.296. The van der Waals surface area contributed by atoms with Gasteiger partial charge in [0, 0.05) is 17.9 Å². The van der Waals surface area contributed by atoms with Gasteiger partial charge in [-0.15, -0.1) is 10.2 Å². The summed E-state index contributed by atoms with van der Waals surface area (Å²) < 4.78 is 5.59. The molecule has 0 amide bonds. The van der Waals surface area contributed by atoms with Crippen molar-refractivity contribution in [1.29, 1.82) is 0 Å². The van der Waals surface area contributed by atoms with Crippen LogP contribution in [0.25, 0.3) is 11.5 Å². The molecule has 5 heteroatoms. The van der Waals surface area contributed by atoms with Crippen LogP contribution < -0.4 is 0 Å². The topological polar surface area (TPSA) is 59.2 Å². The van der Waals surface area contributed by atoms with Crippen LogP contribution in [0.4, 0.5) is 0 Å². The molecule has 0 saturated heterocycles. The van der Waals surface area contributed by atoms with E-state index >= 15 is 0 Å². The Bertz CT molecular complexity index is 505. The van der Waals surface area contributed by atoms with Gasteiger partial charge in [-0.2, -0.15) is 0 Å². The summed E-state index contributed by atoms with van der Waals surface area (Å²) in [5.74, 6) is 1.33. The Hall–Kier alpha value is -1.33. The van der Waals surface area contributed by atoms with Gasteiger partial charge in [-0.1, -0.05) is 29.0 Å². The summed E-state index contributed by atoms with van der Waals surface area (Å²) in [5, 5.41) is 17.3. The van der Waals surface area contributed by atoms with Crippen LogP contribution in [0, 0.1) is 13.8 Å². The number of aryl methyl sites for hydroxylation is 2. The number of aliphatic hydroxyl groups is 1. The molecule has 0 aliphatic rings. The molecule has 1 N–H and O–H groups in total. The quantitative estimate of drug-likeness (QED) is 0.664. The van der Waals surface area contributed by atoms with Gasteiger partial charge >= 0.3 is 0 Å². The molecular weight excluding hydrogens is 248 g/mol. The fourth-order valence-corrected chi connectivity index (χ4v) is 2.39. The van der Waals surface area contributed by atoms with Crippen molar-refractivity contribution in [3.05, 3.63) is 29.3 Å². The zero-order chi connectivity index (χ0) is 13.0. The average molecular weight is 264 g/mol. The molecule has 0 unspecified atom stereocenters. The van der Waals surface area contributed by atoms with Crippen molar-refractivity contribution in [2.75, 3.05) is 12.4 Å². The van der Waals surface area contributed by atoms with E-state index in [9.17, 15) is 0 Å². The van der Waals surface area contributed by atoms with Crippen LogP contribution in [0.5, 0.6) is 0 Å². The Morgan fingerprint density at radius 3 is 2.56 bits per heavy atom. The number of hydrogen-bond donors (Lipinski definition) is 1. The highest BCUT2D eigenvalue weighted by molar-refractivity contribution is 7.99. The van der Waals surface area contributed by atoms with Gasteiger partial charge in [-0.3, -0.25) is 0 Å². The minimum Gasteiger partial charge on any atom is -0.411 e. The van der Waals surface area contributed by atoms with E-state index in [0.717, 1.165) is 17.7 Å². The van der Waals surface area contributed by atoms with E-state index in [2.05, 4.69) is 16.3 Å². The van der Waals surface area contributed by atoms with Crippen molar-refractivity contribution in [3.63, 3.8) is 0 Å². The maximum Gasteiger partial charge on any atom is 0.276 e. The van der Waals surface area contributed by atoms with Gasteiger partial charge in [0.05, 0.1) is 0 Å². The standard InChI is InChI=1S/C13H16N2O2S/c1-9-6-10(2)8-11(7-9)12-14-15-13(17-12)18-5-3-4-16/h6-8,16H,3-5H2,1-2H3. The molecule has 0 spiro atoms. The highest BCUT2D eigenvalue weighted by Gasteiger charge is 2.09. The fourth-order valence-electron chi connectivity index (χ4n) is 1.71. The lowest BCUT2D eigenvalue weighted by Crippen LogP contribution is -1.85. The molecule has 4 nitrogen and oxygen atoms in total. The van der Waals surface area contributed by atoms with E-state index in [4.69, 9.17) is 9.52 Å². The minimum absolute atomic E-state index is 0.186. The van der Waals surface area contributed by atoms with Crippen LogP contribution >= 0.6 is 11.8 Å². The molecule has 1 aromatic carbocycles. The summed E-state index contributed by atoms with van der Waals surface area (Å²) >= 11 is 1.47. The molecule has 0 aliphatic carbocycles. The van der Waals surface area contributed by atoms with Crippen LogP contribution in [-0.2, 0) is 0 Å². The normalized spacial score (nSPS) is 10.8. The lowest BCUT2D eigenvalue weighted by Gasteiger charge is -2.00. The molecule has 96 valence electrons. The first-order valence-electron chi connectivity index (χ1n) is 5.85. The molecule has 18 heavy (non-hydrogen) atoms. The molecule has 0 saturated carbocycles. The van der Waals surface area contributed by atoms with Gasteiger partial charge in [0.15, 0.2) is 0 Å². The molecule has 0 atom stereocenters. The van der Waals surface area contributed by atoms with Gasteiger partial charge in [0.2, 0.25) is 5.89 Å². The Labute approximate surface area is 110 Å². The van der Waals surface area contributed by atoms with E-state index in [1.807, 2.05) is 26.0 Å². The van der Waals surface area contributed by atoms with E-state index in [-0.39, 0.29) is 6.61 Å². The number of aromatic nitrogens is 2. The molecule has 0 fully saturated rings. The third kappa shape index (κ3) is 3.34. The van der Waals surface area contributed by atoms with Gasteiger partial charge in [-0.25, -0.2) is 0 Å². The molecule has 0 bridgehead atoms. The Balaban J connectivity index is 2.13. The number of benzene rings is 1. The van der Waals surface area contributed by atoms with Crippen molar-refractivity contribution in [1.82, 2.24) is 10.2 Å². The van der Waals surface area contributed by atoms with Crippen molar-refractivity contribution < 1.29 is 9.52 Å². The average Bonchev–Trinajstić information content (AvgIpc) is 2.77.